The molecule has 0 saturated carbocycles. The van der Waals surface area contributed by atoms with E-state index in [9.17, 15) is 17.4 Å². The highest BCUT2D eigenvalue weighted by molar-refractivity contribution is 7.64. The number of hydrogen-bond donors (Lipinski definition) is 0. The van der Waals surface area contributed by atoms with E-state index < -0.39 is 12.0 Å². The molecule has 0 aliphatic carbocycles. The van der Waals surface area contributed by atoms with Gasteiger partial charge in [0.05, 0.1) is 5.69 Å². The van der Waals surface area contributed by atoms with Gasteiger partial charge in [0.2, 0.25) is 5.82 Å². The largest absolute Gasteiger partial charge is 0.463 e. The Bertz CT molecular complexity index is 907. The van der Waals surface area contributed by atoms with E-state index >= 15 is 0 Å². The predicted octanol–water partition coefficient (Wildman–Crippen LogP) is 3.32. The Morgan fingerprint density at radius 3 is 2.71 bits per heavy atom. The van der Waals surface area contributed by atoms with Crippen molar-refractivity contribution in [2.45, 2.75) is 25.3 Å². The first-order valence-electron chi connectivity index (χ1n) is 7.09. The second-order valence-corrected chi connectivity index (χ2v) is 5.59. The van der Waals surface area contributed by atoms with Gasteiger partial charge in [-0.1, -0.05) is 19.1 Å². The lowest BCUT2D eigenvalue weighted by atomic mass is 10.2. The molecule has 2 heterocycles. The standard InChI is InChI=1S/C15H12F3N4OS/c1-2-11-12-13(21-14(20-11)15(16,17)18)22(8-19-12)10-5-3-4-9(6-10)7-24-23/h3-6,8H,2,7H2,1H3/q+1. The smallest absolute Gasteiger partial charge is 0.283 e. The summed E-state index contributed by atoms with van der Waals surface area (Å²) in [5.74, 6) is -0.913. The van der Waals surface area contributed by atoms with Crippen LogP contribution >= 0.6 is 0 Å². The lowest BCUT2D eigenvalue weighted by molar-refractivity contribution is -0.144. The molecule has 0 bridgehead atoms. The summed E-state index contributed by atoms with van der Waals surface area (Å²) in [7, 11) is 0. The summed E-state index contributed by atoms with van der Waals surface area (Å²) in [5, 5.41) is 0. The van der Waals surface area contributed by atoms with Crippen molar-refractivity contribution in [2.24, 2.45) is 0 Å². The molecule has 124 valence electrons. The molecule has 0 spiro atoms. The summed E-state index contributed by atoms with van der Waals surface area (Å²) in [6.45, 7) is 1.72. The van der Waals surface area contributed by atoms with Crippen LogP contribution in [0.5, 0.6) is 0 Å². The van der Waals surface area contributed by atoms with Crippen LogP contribution in [0.2, 0.25) is 0 Å². The first-order valence-corrected chi connectivity index (χ1v) is 8.00. The van der Waals surface area contributed by atoms with Crippen molar-refractivity contribution < 1.29 is 17.4 Å². The van der Waals surface area contributed by atoms with Gasteiger partial charge in [-0.3, -0.25) is 4.57 Å². The summed E-state index contributed by atoms with van der Waals surface area (Å²) in [6, 6.07) is 6.97. The maximum absolute atomic E-state index is 13.0. The molecule has 9 heteroatoms. The van der Waals surface area contributed by atoms with Crippen LogP contribution in [0.1, 0.15) is 24.0 Å². The zero-order valence-electron chi connectivity index (χ0n) is 12.5. The molecule has 0 atom stereocenters. The van der Waals surface area contributed by atoms with Crippen LogP contribution in [0.3, 0.4) is 0 Å². The molecule has 0 N–H and O–H groups in total. The summed E-state index contributed by atoms with van der Waals surface area (Å²) >= 11 is 0.427. The Morgan fingerprint density at radius 2 is 2.04 bits per heavy atom. The lowest BCUT2D eigenvalue weighted by Gasteiger charge is -2.09. The van der Waals surface area contributed by atoms with Gasteiger partial charge in [-0.25, -0.2) is 15.0 Å². The first kappa shape index (κ1) is 16.4. The van der Waals surface area contributed by atoms with Gasteiger partial charge in [-0.05, 0) is 18.6 Å². The molecular formula is C15H12F3N4OS+. The fourth-order valence-electron chi connectivity index (χ4n) is 2.38. The fourth-order valence-corrected chi connectivity index (χ4v) is 2.70. The molecule has 0 amide bonds. The van der Waals surface area contributed by atoms with Gasteiger partial charge >= 0.3 is 17.8 Å². The lowest BCUT2D eigenvalue weighted by Crippen LogP contribution is -2.13. The predicted molar refractivity (Wildman–Crippen MR) is 82.8 cm³/mol. The highest BCUT2D eigenvalue weighted by Crippen LogP contribution is 2.29. The molecule has 2 aromatic heterocycles. The molecule has 3 rings (SSSR count). The second-order valence-electron chi connectivity index (χ2n) is 5.06. The normalized spacial score (nSPS) is 11.8. The third kappa shape index (κ3) is 2.99. The Labute approximate surface area is 139 Å². The van der Waals surface area contributed by atoms with Crippen molar-refractivity contribution in [1.82, 2.24) is 19.5 Å². The van der Waals surface area contributed by atoms with Gasteiger partial charge in [-0.15, -0.1) is 0 Å². The SMILES string of the molecule is CCc1nc(C(F)(F)F)nc2c1ncn2-c1cccc(C[S+]=O)c1. The maximum atomic E-state index is 13.0. The van der Waals surface area contributed by atoms with Crippen LogP contribution < -0.4 is 0 Å². The van der Waals surface area contributed by atoms with Crippen molar-refractivity contribution in [2.75, 3.05) is 0 Å². The van der Waals surface area contributed by atoms with Crippen molar-refractivity contribution >= 4 is 22.8 Å². The number of aromatic nitrogens is 4. The monoisotopic (exact) mass is 353 g/mol. The van der Waals surface area contributed by atoms with Gasteiger partial charge in [0.25, 0.3) is 5.75 Å². The highest BCUT2D eigenvalue weighted by atomic mass is 32.1. The molecule has 0 aliphatic rings. The highest BCUT2D eigenvalue weighted by Gasteiger charge is 2.36. The van der Waals surface area contributed by atoms with Crippen LogP contribution in [-0.2, 0) is 34.2 Å². The number of nitrogens with zero attached hydrogens (tertiary/aromatic N) is 4. The number of alkyl halides is 3. The third-order valence-electron chi connectivity index (χ3n) is 3.47. The molecule has 0 radical (unpaired) electrons. The molecule has 5 nitrogen and oxygen atoms in total. The minimum absolute atomic E-state index is 0.0982. The molecule has 24 heavy (non-hydrogen) atoms. The summed E-state index contributed by atoms with van der Waals surface area (Å²) in [5.41, 5.74) is 2.06. The molecule has 0 fully saturated rings. The minimum Gasteiger partial charge on any atom is -0.283 e. The van der Waals surface area contributed by atoms with Gasteiger partial charge in [-0.2, -0.15) is 13.2 Å². The summed E-state index contributed by atoms with van der Waals surface area (Å²) < 4.78 is 51.3. The number of benzene rings is 1. The Kier molecular flexibility index (Phi) is 4.27. The molecule has 0 unspecified atom stereocenters. The van der Waals surface area contributed by atoms with Gasteiger partial charge in [0, 0.05) is 15.5 Å². The number of imidazole rings is 1. The second kappa shape index (κ2) is 6.23. The van der Waals surface area contributed by atoms with E-state index in [-0.39, 0.29) is 17.1 Å². The van der Waals surface area contributed by atoms with E-state index in [0.29, 0.717) is 29.3 Å². The van der Waals surface area contributed by atoms with E-state index in [1.165, 1.54) is 10.9 Å². The zero-order valence-corrected chi connectivity index (χ0v) is 13.4. The Balaban J connectivity index is 2.22. The molecule has 0 saturated heterocycles. The maximum Gasteiger partial charge on any atom is 0.463 e. The van der Waals surface area contributed by atoms with E-state index in [1.54, 1.807) is 31.2 Å². The fraction of sp³-hybridized carbons (Fsp3) is 0.267. The van der Waals surface area contributed by atoms with Crippen molar-refractivity contribution in [3.63, 3.8) is 0 Å². The van der Waals surface area contributed by atoms with Gasteiger partial charge in [0.15, 0.2) is 5.65 Å². The van der Waals surface area contributed by atoms with Crippen LogP contribution in [0, 0.1) is 0 Å². The van der Waals surface area contributed by atoms with E-state index in [1.807, 2.05) is 0 Å². The molecule has 0 aliphatic heterocycles. The minimum atomic E-state index is -4.63. The zero-order chi connectivity index (χ0) is 17.3. The average Bonchev–Trinajstić information content (AvgIpc) is 2.97. The Hall–Kier alpha value is -2.42. The topological polar surface area (TPSA) is 60.7 Å². The van der Waals surface area contributed by atoms with Crippen molar-refractivity contribution in [3.05, 3.63) is 47.7 Å². The van der Waals surface area contributed by atoms with E-state index in [4.69, 9.17) is 0 Å². The third-order valence-corrected chi connectivity index (χ3v) is 3.92. The quantitative estimate of drug-likeness (QED) is 0.675. The van der Waals surface area contributed by atoms with Crippen LogP contribution in [0.4, 0.5) is 13.2 Å². The van der Waals surface area contributed by atoms with Crippen molar-refractivity contribution in [1.29, 1.82) is 0 Å². The number of halogens is 3. The molecule has 1 aromatic carbocycles. The van der Waals surface area contributed by atoms with Gasteiger partial charge in [0.1, 0.15) is 11.8 Å². The summed E-state index contributed by atoms with van der Waals surface area (Å²) in [6.07, 6.45) is -2.90. The number of fused-ring (bicyclic) bond motifs is 1. The first-order chi connectivity index (χ1) is 11.4. The molecule has 3 aromatic rings. The van der Waals surface area contributed by atoms with Crippen LogP contribution in [0.15, 0.2) is 30.6 Å². The molecular weight excluding hydrogens is 341 g/mol. The number of rotatable bonds is 4. The average molecular weight is 353 g/mol. The summed E-state index contributed by atoms with van der Waals surface area (Å²) in [4.78, 5) is 11.4. The van der Waals surface area contributed by atoms with E-state index in [2.05, 4.69) is 15.0 Å². The van der Waals surface area contributed by atoms with Crippen molar-refractivity contribution in [3.8, 4) is 5.69 Å². The number of aryl methyl sites for hydroxylation is 1. The van der Waals surface area contributed by atoms with E-state index in [0.717, 1.165) is 5.56 Å². The number of hydrogen-bond acceptors (Lipinski definition) is 4. The van der Waals surface area contributed by atoms with Gasteiger partial charge < -0.3 is 0 Å². The van der Waals surface area contributed by atoms with Crippen LogP contribution in [0.25, 0.3) is 16.9 Å². The Morgan fingerprint density at radius 1 is 1.25 bits per heavy atom. The van der Waals surface area contributed by atoms with Crippen LogP contribution in [-0.4, -0.2) is 19.5 Å².